The van der Waals surface area contributed by atoms with Crippen LogP contribution in [0.4, 0.5) is 0 Å². The average Bonchev–Trinajstić information content (AvgIpc) is 2.97. The monoisotopic (exact) mass is 292 g/mol. The van der Waals surface area contributed by atoms with Crippen molar-refractivity contribution in [2.75, 3.05) is 0 Å². The largest absolute Gasteiger partial charge is 0.297 e. The van der Waals surface area contributed by atoms with Gasteiger partial charge in [0.1, 0.15) is 0 Å². The van der Waals surface area contributed by atoms with Crippen LogP contribution in [0.3, 0.4) is 0 Å². The van der Waals surface area contributed by atoms with Gasteiger partial charge >= 0.3 is 0 Å². The second-order valence-corrected chi connectivity index (χ2v) is 7.68. The van der Waals surface area contributed by atoms with E-state index in [4.69, 9.17) is 5.84 Å². The van der Waals surface area contributed by atoms with Crippen molar-refractivity contribution in [2.45, 2.75) is 52.0 Å². The van der Waals surface area contributed by atoms with Gasteiger partial charge in [-0.05, 0) is 37.0 Å². The maximum Gasteiger partial charge on any atom is 0.193 e. The van der Waals surface area contributed by atoms with Crippen molar-refractivity contribution >= 4 is 16.3 Å². The number of aromatic nitrogens is 2. The SMILES string of the molecule is CC1(C)CCC(C(Cc2cn3ccsc3n2)NN)CC1. The van der Waals surface area contributed by atoms with Gasteiger partial charge < -0.3 is 0 Å². The Kier molecular flexibility index (Phi) is 3.84. The zero-order chi connectivity index (χ0) is 14.2. The number of hydrogen-bond acceptors (Lipinski definition) is 4. The predicted octanol–water partition coefficient (Wildman–Crippen LogP) is 2.99. The van der Waals surface area contributed by atoms with Crippen LogP contribution in [0.2, 0.25) is 0 Å². The van der Waals surface area contributed by atoms with Crippen molar-refractivity contribution in [1.82, 2.24) is 14.8 Å². The van der Waals surface area contributed by atoms with E-state index >= 15 is 0 Å². The Labute approximate surface area is 124 Å². The van der Waals surface area contributed by atoms with Crippen LogP contribution >= 0.6 is 11.3 Å². The number of nitrogens with zero attached hydrogens (tertiary/aromatic N) is 2. The molecule has 0 bridgehead atoms. The molecule has 20 heavy (non-hydrogen) atoms. The molecule has 2 heterocycles. The van der Waals surface area contributed by atoms with Crippen LogP contribution in [-0.4, -0.2) is 15.4 Å². The van der Waals surface area contributed by atoms with E-state index < -0.39 is 0 Å². The number of rotatable bonds is 4. The zero-order valence-corrected chi connectivity index (χ0v) is 13.1. The highest BCUT2D eigenvalue weighted by molar-refractivity contribution is 7.15. The van der Waals surface area contributed by atoms with E-state index in [-0.39, 0.29) is 0 Å². The number of hydrazine groups is 1. The second kappa shape index (κ2) is 5.47. The Bertz CT molecular complexity index is 533. The summed E-state index contributed by atoms with van der Waals surface area (Å²) in [5.41, 5.74) is 4.69. The number of thiazole rings is 1. The van der Waals surface area contributed by atoms with Crippen molar-refractivity contribution in [2.24, 2.45) is 17.2 Å². The summed E-state index contributed by atoms with van der Waals surface area (Å²) in [5, 5.41) is 2.06. The lowest BCUT2D eigenvalue weighted by molar-refractivity contribution is 0.160. The van der Waals surface area contributed by atoms with Gasteiger partial charge in [-0.15, -0.1) is 11.3 Å². The number of nitrogens with two attached hydrogens (primary N) is 1. The van der Waals surface area contributed by atoms with E-state index in [0.717, 1.165) is 17.1 Å². The summed E-state index contributed by atoms with van der Waals surface area (Å²) < 4.78 is 2.09. The van der Waals surface area contributed by atoms with Gasteiger partial charge in [-0.25, -0.2) is 4.98 Å². The first-order valence-corrected chi connectivity index (χ1v) is 8.32. The van der Waals surface area contributed by atoms with Crippen molar-refractivity contribution in [1.29, 1.82) is 0 Å². The lowest BCUT2D eigenvalue weighted by atomic mass is 9.70. The van der Waals surface area contributed by atoms with E-state index in [2.05, 4.69) is 46.4 Å². The smallest absolute Gasteiger partial charge is 0.193 e. The van der Waals surface area contributed by atoms with E-state index in [1.807, 2.05) is 0 Å². The molecule has 2 aromatic heterocycles. The van der Waals surface area contributed by atoms with Gasteiger partial charge in [-0.2, -0.15) is 0 Å². The van der Waals surface area contributed by atoms with Crippen LogP contribution in [0.15, 0.2) is 17.8 Å². The molecule has 0 spiro atoms. The molecular formula is C15H24N4S. The number of hydrogen-bond donors (Lipinski definition) is 2. The van der Waals surface area contributed by atoms with E-state index in [9.17, 15) is 0 Å². The Balaban J connectivity index is 1.66. The lowest BCUT2D eigenvalue weighted by Gasteiger charge is -2.37. The van der Waals surface area contributed by atoms with Crippen LogP contribution in [0.25, 0.3) is 4.96 Å². The maximum atomic E-state index is 5.81. The minimum absolute atomic E-state index is 0.343. The van der Waals surface area contributed by atoms with Crippen molar-refractivity contribution < 1.29 is 0 Å². The third-order valence-corrected chi connectivity index (χ3v) is 5.51. The molecule has 1 saturated carbocycles. The summed E-state index contributed by atoms with van der Waals surface area (Å²) >= 11 is 1.68. The van der Waals surface area contributed by atoms with E-state index in [1.54, 1.807) is 11.3 Å². The highest BCUT2D eigenvalue weighted by Crippen LogP contribution is 2.39. The first kappa shape index (κ1) is 14.0. The van der Waals surface area contributed by atoms with Gasteiger partial charge in [0.15, 0.2) is 4.96 Å². The molecular weight excluding hydrogens is 268 g/mol. The summed E-state index contributed by atoms with van der Waals surface area (Å²) in [6.07, 6.45) is 10.2. The molecule has 1 aliphatic carbocycles. The molecule has 3 N–H and O–H groups in total. The third kappa shape index (κ3) is 2.90. The molecule has 0 saturated heterocycles. The summed E-state index contributed by atoms with van der Waals surface area (Å²) in [6.45, 7) is 4.75. The van der Waals surface area contributed by atoms with Crippen LogP contribution < -0.4 is 11.3 Å². The molecule has 0 aliphatic heterocycles. The molecule has 1 fully saturated rings. The van der Waals surface area contributed by atoms with Gasteiger partial charge in [0, 0.05) is 30.2 Å². The Hall–Kier alpha value is -0.910. The minimum Gasteiger partial charge on any atom is -0.297 e. The summed E-state index contributed by atoms with van der Waals surface area (Å²) in [6, 6.07) is 0.343. The highest BCUT2D eigenvalue weighted by Gasteiger charge is 2.31. The topological polar surface area (TPSA) is 55.3 Å². The highest BCUT2D eigenvalue weighted by atomic mass is 32.1. The third-order valence-electron chi connectivity index (χ3n) is 4.74. The zero-order valence-electron chi connectivity index (χ0n) is 12.3. The first-order chi connectivity index (χ1) is 9.57. The molecule has 110 valence electrons. The predicted molar refractivity (Wildman–Crippen MR) is 83.6 cm³/mol. The van der Waals surface area contributed by atoms with Gasteiger partial charge in [0.25, 0.3) is 0 Å². The molecule has 0 aromatic carbocycles. The molecule has 3 rings (SSSR count). The van der Waals surface area contributed by atoms with E-state index in [1.165, 1.54) is 25.7 Å². The number of imidazole rings is 1. The molecule has 4 nitrogen and oxygen atoms in total. The molecule has 0 amide bonds. The normalized spacial score (nSPS) is 21.4. The van der Waals surface area contributed by atoms with Gasteiger partial charge in [0.05, 0.1) is 5.69 Å². The van der Waals surface area contributed by atoms with Crippen molar-refractivity contribution in [3.05, 3.63) is 23.5 Å². The standard InChI is InChI=1S/C15H24N4S/c1-15(2)5-3-11(4-6-15)13(18-16)9-12-10-19-7-8-20-14(19)17-12/h7-8,10-11,13,18H,3-6,9,16H2,1-2H3. The molecule has 5 heteroatoms. The number of nitrogens with one attached hydrogen (secondary N) is 1. The van der Waals surface area contributed by atoms with Crippen molar-refractivity contribution in [3.63, 3.8) is 0 Å². The van der Waals surface area contributed by atoms with Crippen LogP contribution in [0, 0.1) is 11.3 Å². The molecule has 2 aromatic rings. The van der Waals surface area contributed by atoms with Gasteiger partial charge in [0.2, 0.25) is 0 Å². The van der Waals surface area contributed by atoms with Crippen LogP contribution in [0.1, 0.15) is 45.2 Å². The fraction of sp³-hybridized carbons (Fsp3) is 0.667. The Morgan fingerprint density at radius 1 is 1.50 bits per heavy atom. The van der Waals surface area contributed by atoms with Crippen LogP contribution in [-0.2, 0) is 6.42 Å². The quantitative estimate of drug-likeness (QED) is 0.673. The van der Waals surface area contributed by atoms with Crippen molar-refractivity contribution in [3.8, 4) is 0 Å². The first-order valence-electron chi connectivity index (χ1n) is 7.45. The molecule has 0 radical (unpaired) electrons. The van der Waals surface area contributed by atoms with Crippen LogP contribution in [0.5, 0.6) is 0 Å². The summed E-state index contributed by atoms with van der Waals surface area (Å²) in [4.78, 5) is 5.74. The molecule has 1 aliphatic rings. The molecule has 1 atom stereocenters. The second-order valence-electron chi connectivity index (χ2n) is 6.80. The fourth-order valence-corrected chi connectivity index (χ4v) is 4.00. The summed E-state index contributed by atoms with van der Waals surface area (Å²) in [5.74, 6) is 6.48. The fourth-order valence-electron chi connectivity index (χ4n) is 3.29. The Morgan fingerprint density at radius 2 is 2.25 bits per heavy atom. The number of fused-ring (bicyclic) bond motifs is 1. The summed E-state index contributed by atoms with van der Waals surface area (Å²) in [7, 11) is 0. The average molecular weight is 292 g/mol. The van der Waals surface area contributed by atoms with Gasteiger partial charge in [-0.1, -0.05) is 13.8 Å². The van der Waals surface area contributed by atoms with E-state index in [0.29, 0.717) is 17.4 Å². The maximum absolute atomic E-state index is 5.81. The Morgan fingerprint density at radius 3 is 2.90 bits per heavy atom. The lowest BCUT2D eigenvalue weighted by Crippen LogP contribution is -2.44. The van der Waals surface area contributed by atoms with Gasteiger partial charge in [-0.3, -0.25) is 15.7 Å². The minimum atomic E-state index is 0.343. The molecule has 1 unspecified atom stereocenters.